The van der Waals surface area contributed by atoms with Gasteiger partial charge in [-0.25, -0.2) is 0 Å². The Morgan fingerprint density at radius 2 is 1.92 bits per heavy atom. The molecule has 1 amide bonds. The number of nitrogens with two attached hydrogens (primary N) is 1. The fraction of sp³-hybridized carbons (Fsp3) is 0.632. The third kappa shape index (κ3) is 3.25. The fourth-order valence-corrected chi connectivity index (χ4v) is 5.61. The highest BCUT2D eigenvalue weighted by Crippen LogP contribution is 2.42. The number of carbonyl (C=O) groups excluding carboxylic acids is 1. The molecule has 0 saturated heterocycles. The van der Waals surface area contributed by atoms with Crippen molar-refractivity contribution < 1.29 is 4.79 Å². The van der Waals surface area contributed by atoms with Crippen molar-refractivity contribution >= 4 is 34.2 Å². The Kier molecular flexibility index (Phi) is 5.58. The molecule has 1 heterocycles. The average molecular weight is 414 g/mol. The molecule has 1 aromatic carbocycles. The summed E-state index contributed by atoms with van der Waals surface area (Å²) in [6, 6.07) is 6.66. The van der Waals surface area contributed by atoms with Gasteiger partial charge in [0.1, 0.15) is 0 Å². The van der Waals surface area contributed by atoms with Crippen LogP contribution in [0.4, 0.5) is 0 Å². The smallest absolute Gasteiger partial charge is 0.226 e. The molecule has 24 heavy (non-hydrogen) atoms. The lowest BCUT2D eigenvalue weighted by Crippen LogP contribution is -2.50. The fourth-order valence-electron chi connectivity index (χ4n) is 5.00. The van der Waals surface area contributed by atoms with Crippen molar-refractivity contribution in [3.8, 4) is 0 Å². The predicted molar refractivity (Wildman–Crippen MR) is 102 cm³/mol. The molecule has 0 radical (unpaired) electrons. The molecular weight excluding hydrogens is 388 g/mol. The van der Waals surface area contributed by atoms with E-state index in [0.717, 1.165) is 32.4 Å². The molecule has 1 aliphatic heterocycles. The van der Waals surface area contributed by atoms with E-state index in [1.165, 1.54) is 34.9 Å². The maximum absolute atomic E-state index is 13.1. The molecule has 0 aromatic heterocycles. The quantitative estimate of drug-likeness (QED) is 0.759. The van der Waals surface area contributed by atoms with Crippen LogP contribution in [0.1, 0.15) is 43.2 Å². The van der Waals surface area contributed by atoms with Crippen LogP contribution in [0.2, 0.25) is 0 Å². The number of benzene rings is 1. The van der Waals surface area contributed by atoms with E-state index in [1.807, 2.05) is 0 Å². The first-order chi connectivity index (χ1) is 11.1. The van der Waals surface area contributed by atoms with Gasteiger partial charge < -0.3 is 10.6 Å². The number of amides is 1. The first-order valence-electron chi connectivity index (χ1n) is 8.94. The van der Waals surface area contributed by atoms with E-state index in [-0.39, 0.29) is 18.3 Å². The minimum Gasteiger partial charge on any atom is -0.338 e. The van der Waals surface area contributed by atoms with Gasteiger partial charge in [-0.1, -0.05) is 34.5 Å². The molecule has 2 atom stereocenters. The Morgan fingerprint density at radius 1 is 1.21 bits per heavy atom. The Labute approximate surface area is 158 Å². The van der Waals surface area contributed by atoms with Crippen LogP contribution in [0.5, 0.6) is 0 Å². The third-order valence-corrected chi connectivity index (χ3v) is 7.03. The lowest BCUT2D eigenvalue weighted by Gasteiger charge is -2.45. The standard InChI is InChI=1S/C19H25BrN2O.ClH/c20-17-6-2-5-14-11-22(8-7-16(14)17)19(23)15-9-12-3-1-4-13(10-15)18(12)21;/h2,5-6,12-13,15,18H,1,3-4,7-11,21H2;1H. The normalized spacial score (nSPS) is 31.8. The van der Waals surface area contributed by atoms with Crippen molar-refractivity contribution in [2.75, 3.05) is 6.54 Å². The summed E-state index contributed by atoms with van der Waals surface area (Å²) in [4.78, 5) is 15.1. The molecule has 2 fully saturated rings. The van der Waals surface area contributed by atoms with Crippen LogP contribution >= 0.6 is 28.3 Å². The third-order valence-electron chi connectivity index (χ3n) is 6.28. The van der Waals surface area contributed by atoms with Crippen molar-refractivity contribution in [3.05, 3.63) is 33.8 Å². The predicted octanol–water partition coefficient (Wildman–Crippen LogP) is 3.91. The molecular formula is C19H26BrClN2O. The van der Waals surface area contributed by atoms with Crippen LogP contribution < -0.4 is 5.73 Å². The Morgan fingerprint density at radius 3 is 2.62 bits per heavy atom. The first-order valence-corrected chi connectivity index (χ1v) is 9.73. The summed E-state index contributed by atoms with van der Waals surface area (Å²) in [6.45, 7) is 1.62. The molecule has 3 aliphatic rings. The highest BCUT2D eigenvalue weighted by molar-refractivity contribution is 9.10. The van der Waals surface area contributed by atoms with E-state index in [0.29, 0.717) is 23.8 Å². The van der Waals surface area contributed by atoms with E-state index in [1.54, 1.807) is 0 Å². The summed E-state index contributed by atoms with van der Waals surface area (Å²) in [6.07, 6.45) is 6.72. The van der Waals surface area contributed by atoms with Crippen LogP contribution in [0.15, 0.2) is 22.7 Å². The second kappa shape index (κ2) is 7.35. The first kappa shape index (κ1) is 18.2. The molecule has 2 aliphatic carbocycles. The Bertz CT molecular complexity index is 609. The zero-order valence-corrected chi connectivity index (χ0v) is 16.3. The number of carbonyl (C=O) groups is 1. The van der Waals surface area contributed by atoms with E-state index in [2.05, 4.69) is 39.0 Å². The number of fused-ring (bicyclic) bond motifs is 3. The van der Waals surface area contributed by atoms with Crippen molar-refractivity contribution in [2.45, 2.75) is 51.1 Å². The van der Waals surface area contributed by atoms with Gasteiger partial charge in [0.25, 0.3) is 0 Å². The van der Waals surface area contributed by atoms with Crippen molar-refractivity contribution in [3.63, 3.8) is 0 Å². The topological polar surface area (TPSA) is 46.3 Å². The summed E-state index contributed by atoms with van der Waals surface area (Å²) in [5.41, 5.74) is 9.05. The molecule has 1 aromatic rings. The van der Waals surface area contributed by atoms with Crippen LogP contribution in [0.25, 0.3) is 0 Å². The largest absolute Gasteiger partial charge is 0.338 e. The molecule has 0 spiro atoms. The van der Waals surface area contributed by atoms with Gasteiger partial charge in [-0.2, -0.15) is 0 Å². The van der Waals surface area contributed by atoms with Crippen molar-refractivity contribution in [2.24, 2.45) is 23.5 Å². The second-order valence-electron chi connectivity index (χ2n) is 7.58. The van der Waals surface area contributed by atoms with E-state index in [9.17, 15) is 4.79 Å². The van der Waals surface area contributed by atoms with Gasteiger partial charge in [0, 0.05) is 29.5 Å². The highest BCUT2D eigenvalue weighted by atomic mass is 79.9. The van der Waals surface area contributed by atoms with Crippen LogP contribution in [0.3, 0.4) is 0 Å². The molecule has 132 valence electrons. The molecule has 3 nitrogen and oxygen atoms in total. The monoisotopic (exact) mass is 412 g/mol. The van der Waals surface area contributed by atoms with E-state index >= 15 is 0 Å². The zero-order chi connectivity index (χ0) is 16.0. The van der Waals surface area contributed by atoms with Crippen molar-refractivity contribution in [1.29, 1.82) is 0 Å². The minimum absolute atomic E-state index is 0. The number of hydrogen-bond donors (Lipinski definition) is 1. The van der Waals surface area contributed by atoms with Crippen LogP contribution in [-0.2, 0) is 17.8 Å². The SMILES string of the molecule is Cl.NC1C2CCCC1CC(C(=O)N1CCc3c(Br)cccc3C1)C2. The van der Waals surface area contributed by atoms with Gasteiger partial charge in [-0.05, 0) is 61.1 Å². The molecule has 5 heteroatoms. The van der Waals surface area contributed by atoms with E-state index in [4.69, 9.17) is 5.73 Å². The Balaban J connectivity index is 0.00000169. The summed E-state index contributed by atoms with van der Waals surface area (Å²) in [5.74, 6) is 1.73. The summed E-state index contributed by atoms with van der Waals surface area (Å²) in [7, 11) is 0. The Hall–Kier alpha value is -0.580. The van der Waals surface area contributed by atoms with Gasteiger partial charge in [-0.3, -0.25) is 4.79 Å². The molecule has 4 rings (SSSR count). The highest BCUT2D eigenvalue weighted by Gasteiger charge is 2.41. The van der Waals surface area contributed by atoms with Gasteiger partial charge in [0.05, 0.1) is 0 Å². The maximum atomic E-state index is 13.1. The van der Waals surface area contributed by atoms with Crippen molar-refractivity contribution in [1.82, 2.24) is 4.90 Å². The average Bonchev–Trinajstić information content (AvgIpc) is 2.54. The molecule has 2 saturated carbocycles. The molecule has 2 N–H and O–H groups in total. The van der Waals surface area contributed by atoms with Gasteiger partial charge in [0.15, 0.2) is 0 Å². The number of halogens is 2. The number of rotatable bonds is 1. The summed E-state index contributed by atoms with van der Waals surface area (Å²) >= 11 is 3.64. The van der Waals surface area contributed by atoms with Gasteiger partial charge in [-0.15, -0.1) is 12.4 Å². The minimum atomic E-state index is 0. The van der Waals surface area contributed by atoms with E-state index < -0.39 is 0 Å². The van der Waals surface area contributed by atoms with Crippen LogP contribution in [0, 0.1) is 17.8 Å². The maximum Gasteiger partial charge on any atom is 0.226 e. The lowest BCUT2D eigenvalue weighted by atomic mass is 9.65. The lowest BCUT2D eigenvalue weighted by molar-refractivity contribution is -0.139. The summed E-state index contributed by atoms with van der Waals surface area (Å²) in [5, 5.41) is 0. The van der Waals surface area contributed by atoms with Gasteiger partial charge in [0.2, 0.25) is 5.91 Å². The molecule has 2 unspecified atom stereocenters. The zero-order valence-electron chi connectivity index (χ0n) is 13.9. The van der Waals surface area contributed by atoms with Gasteiger partial charge >= 0.3 is 0 Å². The second-order valence-corrected chi connectivity index (χ2v) is 8.44. The number of nitrogens with zero attached hydrogens (tertiary/aromatic N) is 1. The van der Waals surface area contributed by atoms with Crippen LogP contribution in [-0.4, -0.2) is 23.4 Å². The summed E-state index contributed by atoms with van der Waals surface area (Å²) < 4.78 is 1.18. The number of hydrogen-bond acceptors (Lipinski definition) is 2. The molecule has 2 bridgehead atoms.